The minimum atomic E-state index is -0.116. The van der Waals surface area contributed by atoms with Crippen LogP contribution in [-0.4, -0.2) is 41.7 Å². The second-order valence-electron chi connectivity index (χ2n) is 3.04. The Bertz CT molecular complexity index is 220. The van der Waals surface area contributed by atoms with E-state index in [0.29, 0.717) is 6.54 Å². The number of amides is 2. The highest BCUT2D eigenvalue weighted by Crippen LogP contribution is 2.17. The Balaban J connectivity index is 2.49. The zero-order chi connectivity index (χ0) is 9.84. The van der Waals surface area contributed by atoms with Crippen LogP contribution in [0.1, 0.15) is 12.8 Å². The molecule has 4 nitrogen and oxygen atoms in total. The standard InChI is InChI=1S/C8H13BrN2O2/c1-10-7(12)5-11-4-2-3-6(9)8(11)13/h6H,2-5H2,1H3,(H,10,12). The van der Waals surface area contributed by atoms with Crippen LogP contribution in [0.2, 0.25) is 0 Å². The van der Waals surface area contributed by atoms with Crippen LogP contribution in [0.15, 0.2) is 0 Å². The van der Waals surface area contributed by atoms with Crippen LogP contribution in [0.4, 0.5) is 0 Å². The van der Waals surface area contributed by atoms with Crippen LogP contribution in [0.25, 0.3) is 0 Å². The van der Waals surface area contributed by atoms with Gasteiger partial charge in [0.2, 0.25) is 11.8 Å². The van der Waals surface area contributed by atoms with Crippen molar-refractivity contribution in [2.75, 3.05) is 20.1 Å². The van der Waals surface area contributed by atoms with Gasteiger partial charge in [0.05, 0.1) is 11.4 Å². The molecule has 5 heteroatoms. The van der Waals surface area contributed by atoms with E-state index in [9.17, 15) is 9.59 Å². The van der Waals surface area contributed by atoms with Gasteiger partial charge in [-0.05, 0) is 12.8 Å². The van der Waals surface area contributed by atoms with Crippen molar-refractivity contribution >= 4 is 27.7 Å². The minimum Gasteiger partial charge on any atom is -0.358 e. The number of nitrogens with one attached hydrogen (secondary N) is 1. The number of likely N-dealkylation sites (tertiary alicyclic amines) is 1. The van der Waals surface area contributed by atoms with E-state index in [4.69, 9.17) is 0 Å². The second-order valence-corrected chi connectivity index (χ2v) is 4.15. The molecule has 1 unspecified atom stereocenters. The number of hydrogen-bond donors (Lipinski definition) is 1. The predicted octanol–water partition coefficient (Wildman–Crippen LogP) is 0.118. The summed E-state index contributed by atoms with van der Waals surface area (Å²) in [4.78, 5) is 24.0. The molecule has 13 heavy (non-hydrogen) atoms. The molecule has 74 valence electrons. The number of hydrogen-bond acceptors (Lipinski definition) is 2. The van der Waals surface area contributed by atoms with Crippen molar-refractivity contribution in [1.29, 1.82) is 0 Å². The van der Waals surface area contributed by atoms with Gasteiger partial charge in [0.1, 0.15) is 0 Å². The Morgan fingerprint density at radius 3 is 3.08 bits per heavy atom. The van der Waals surface area contributed by atoms with E-state index in [1.165, 1.54) is 0 Å². The van der Waals surface area contributed by atoms with Crippen molar-refractivity contribution < 1.29 is 9.59 Å². The molecule has 1 fully saturated rings. The van der Waals surface area contributed by atoms with Gasteiger partial charge in [0.15, 0.2) is 0 Å². The summed E-state index contributed by atoms with van der Waals surface area (Å²) in [6.45, 7) is 0.867. The van der Waals surface area contributed by atoms with Gasteiger partial charge in [-0.3, -0.25) is 9.59 Å². The summed E-state index contributed by atoms with van der Waals surface area (Å²) < 4.78 is 0. The highest BCUT2D eigenvalue weighted by atomic mass is 79.9. The average molecular weight is 249 g/mol. The lowest BCUT2D eigenvalue weighted by atomic mass is 10.1. The fourth-order valence-corrected chi connectivity index (χ4v) is 1.92. The highest BCUT2D eigenvalue weighted by Gasteiger charge is 2.27. The van der Waals surface area contributed by atoms with Gasteiger partial charge in [-0.2, -0.15) is 0 Å². The lowest BCUT2D eigenvalue weighted by Gasteiger charge is -2.28. The lowest BCUT2D eigenvalue weighted by Crippen LogP contribution is -2.46. The van der Waals surface area contributed by atoms with E-state index in [0.717, 1.165) is 12.8 Å². The number of rotatable bonds is 2. The van der Waals surface area contributed by atoms with Crippen LogP contribution >= 0.6 is 15.9 Å². The van der Waals surface area contributed by atoms with Gasteiger partial charge in [0, 0.05) is 13.6 Å². The van der Waals surface area contributed by atoms with E-state index in [1.807, 2.05) is 0 Å². The quantitative estimate of drug-likeness (QED) is 0.706. The topological polar surface area (TPSA) is 49.4 Å². The summed E-state index contributed by atoms with van der Waals surface area (Å²) in [6, 6.07) is 0. The van der Waals surface area contributed by atoms with Crippen molar-refractivity contribution in [3.8, 4) is 0 Å². The number of likely N-dealkylation sites (N-methyl/N-ethyl adjacent to an activating group) is 1. The molecule has 1 aliphatic rings. The van der Waals surface area contributed by atoms with Crippen LogP contribution in [0.5, 0.6) is 0 Å². The largest absolute Gasteiger partial charge is 0.358 e. The van der Waals surface area contributed by atoms with Crippen molar-refractivity contribution in [1.82, 2.24) is 10.2 Å². The van der Waals surface area contributed by atoms with E-state index < -0.39 is 0 Å². The molecular weight excluding hydrogens is 236 g/mol. The summed E-state index contributed by atoms with van der Waals surface area (Å²) in [5, 5.41) is 2.50. The van der Waals surface area contributed by atoms with Crippen LogP contribution < -0.4 is 5.32 Å². The number of alkyl halides is 1. The van der Waals surface area contributed by atoms with Crippen LogP contribution in [0, 0.1) is 0 Å². The maximum absolute atomic E-state index is 11.5. The lowest BCUT2D eigenvalue weighted by molar-refractivity contribution is -0.137. The molecule has 0 spiro atoms. The third kappa shape index (κ3) is 2.69. The Labute approximate surface area is 85.8 Å². The molecule has 2 amide bonds. The molecule has 0 aromatic carbocycles. The molecular formula is C8H13BrN2O2. The van der Waals surface area contributed by atoms with E-state index >= 15 is 0 Å². The monoisotopic (exact) mass is 248 g/mol. The van der Waals surface area contributed by atoms with Gasteiger partial charge in [-0.15, -0.1) is 0 Å². The van der Waals surface area contributed by atoms with Crippen molar-refractivity contribution in [3.63, 3.8) is 0 Å². The molecule has 1 N–H and O–H groups in total. The summed E-state index contributed by atoms with van der Waals surface area (Å²) in [5.41, 5.74) is 0. The van der Waals surface area contributed by atoms with Gasteiger partial charge < -0.3 is 10.2 Å². The zero-order valence-electron chi connectivity index (χ0n) is 7.55. The predicted molar refractivity (Wildman–Crippen MR) is 52.6 cm³/mol. The third-order valence-corrected chi connectivity index (χ3v) is 2.93. The average Bonchev–Trinajstić information content (AvgIpc) is 2.13. The first-order valence-electron chi connectivity index (χ1n) is 4.28. The van der Waals surface area contributed by atoms with E-state index in [2.05, 4.69) is 21.2 Å². The van der Waals surface area contributed by atoms with Gasteiger partial charge in [-0.25, -0.2) is 0 Å². The Hall–Kier alpha value is -0.580. The minimum absolute atomic E-state index is 0.0230. The van der Waals surface area contributed by atoms with Gasteiger partial charge in [-0.1, -0.05) is 15.9 Å². The van der Waals surface area contributed by atoms with Gasteiger partial charge in [0.25, 0.3) is 0 Å². The molecule has 1 saturated heterocycles. The maximum Gasteiger partial charge on any atom is 0.239 e. The fourth-order valence-electron chi connectivity index (χ4n) is 1.30. The molecule has 0 radical (unpaired) electrons. The Morgan fingerprint density at radius 2 is 2.46 bits per heavy atom. The smallest absolute Gasteiger partial charge is 0.239 e. The van der Waals surface area contributed by atoms with Crippen LogP contribution in [0.3, 0.4) is 0 Å². The zero-order valence-corrected chi connectivity index (χ0v) is 9.13. The number of piperidine rings is 1. The number of carbonyl (C=O) groups is 2. The van der Waals surface area contributed by atoms with Gasteiger partial charge >= 0.3 is 0 Å². The molecule has 0 aromatic heterocycles. The first kappa shape index (κ1) is 10.5. The molecule has 1 heterocycles. The van der Waals surface area contributed by atoms with Crippen molar-refractivity contribution in [2.45, 2.75) is 17.7 Å². The first-order valence-corrected chi connectivity index (χ1v) is 5.20. The second kappa shape index (κ2) is 4.60. The summed E-state index contributed by atoms with van der Waals surface area (Å²) >= 11 is 3.28. The fraction of sp³-hybridized carbons (Fsp3) is 0.750. The Morgan fingerprint density at radius 1 is 1.77 bits per heavy atom. The first-order chi connectivity index (χ1) is 6.15. The number of halogens is 1. The summed E-state index contributed by atoms with van der Waals surface area (Å²) in [6.07, 6.45) is 1.82. The highest BCUT2D eigenvalue weighted by molar-refractivity contribution is 9.10. The molecule has 1 aliphatic heterocycles. The SMILES string of the molecule is CNC(=O)CN1CCCC(Br)C1=O. The molecule has 0 aliphatic carbocycles. The molecule has 0 aromatic rings. The Kier molecular flexibility index (Phi) is 3.71. The molecule has 0 saturated carbocycles. The third-order valence-electron chi connectivity index (χ3n) is 2.08. The normalized spacial score (nSPS) is 23.1. The molecule has 1 rings (SSSR count). The molecule has 0 bridgehead atoms. The number of carbonyl (C=O) groups excluding carboxylic acids is 2. The van der Waals surface area contributed by atoms with Crippen molar-refractivity contribution in [2.24, 2.45) is 0 Å². The summed E-state index contributed by atoms with van der Waals surface area (Å²) in [7, 11) is 1.57. The number of nitrogens with zero attached hydrogens (tertiary/aromatic N) is 1. The van der Waals surface area contributed by atoms with Crippen LogP contribution in [-0.2, 0) is 9.59 Å². The van der Waals surface area contributed by atoms with E-state index in [-0.39, 0.29) is 23.2 Å². The molecule has 1 atom stereocenters. The van der Waals surface area contributed by atoms with Crippen molar-refractivity contribution in [3.05, 3.63) is 0 Å². The summed E-state index contributed by atoms with van der Waals surface area (Å²) in [5.74, 6) is -0.0928. The maximum atomic E-state index is 11.5. The van der Waals surface area contributed by atoms with E-state index in [1.54, 1.807) is 11.9 Å².